The highest BCUT2D eigenvalue weighted by molar-refractivity contribution is 5.82. The second-order valence-corrected chi connectivity index (χ2v) is 5.02. The van der Waals surface area contributed by atoms with Gasteiger partial charge in [0.2, 0.25) is 5.91 Å². The SMILES string of the molecule is O=C(O)CCC1CCN(C(=O)C2CCCN2)C1. The number of hydrogen-bond acceptors (Lipinski definition) is 3. The van der Waals surface area contributed by atoms with Crippen LogP contribution in [0, 0.1) is 5.92 Å². The Morgan fingerprint density at radius 2 is 2.18 bits per heavy atom. The maximum Gasteiger partial charge on any atom is 0.303 e. The van der Waals surface area contributed by atoms with Crippen molar-refractivity contribution in [2.24, 2.45) is 5.92 Å². The number of nitrogens with one attached hydrogen (secondary N) is 1. The van der Waals surface area contributed by atoms with Gasteiger partial charge in [-0.15, -0.1) is 0 Å². The predicted octanol–water partition coefficient (Wildman–Crippen LogP) is 0.452. The summed E-state index contributed by atoms with van der Waals surface area (Å²) in [5.41, 5.74) is 0. The molecule has 2 N–H and O–H groups in total. The van der Waals surface area contributed by atoms with Gasteiger partial charge in [0, 0.05) is 19.5 Å². The van der Waals surface area contributed by atoms with Crippen molar-refractivity contribution >= 4 is 11.9 Å². The minimum absolute atomic E-state index is 0.00761. The van der Waals surface area contributed by atoms with Crippen molar-refractivity contribution in [2.75, 3.05) is 19.6 Å². The topological polar surface area (TPSA) is 69.6 Å². The molecule has 2 saturated heterocycles. The second kappa shape index (κ2) is 5.49. The van der Waals surface area contributed by atoms with Crippen LogP contribution in [0.1, 0.15) is 32.1 Å². The van der Waals surface area contributed by atoms with Crippen LogP contribution in [0.4, 0.5) is 0 Å². The summed E-state index contributed by atoms with van der Waals surface area (Å²) in [7, 11) is 0. The van der Waals surface area contributed by atoms with Gasteiger partial charge in [-0.1, -0.05) is 0 Å². The lowest BCUT2D eigenvalue weighted by Gasteiger charge is -2.20. The normalized spacial score (nSPS) is 28.6. The fourth-order valence-electron chi connectivity index (χ4n) is 2.71. The standard InChI is InChI=1S/C12H20N2O3/c15-11(16)4-3-9-5-7-14(8-9)12(17)10-2-1-6-13-10/h9-10,13H,1-8H2,(H,15,16). The second-order valence-electron chi connectivity index (χ2n) is 5.02. The average molecular weight is 240 g/mol. The van der Waals surface area contributed by atoms with Gasteiger partial charge in [0.05, 0.1) is 6.04 Å². The van der Waals surface area contributed by atoms with Gasteiger partial charge < -0.3 is 15.3 Å². The number of amides is 1. The summed E-state index contributed by atoms with van der Waals surface area (Å²) in [6.07, 6.45) is 3.87. The number of carbonyl (C=O) groups excluding carboxylic acids is 1. The van der Waals surface area contributed by atoms with E-state index in [-0.39, 0.29) is 18.4 Å². The minimum Gasteiger partial charge on any atom is -0.481 e. The molecule has 2 heterocycles. The van der Waals surface area contributed by atoms with Gasteiger partial charge in [0.1, 0.15) is 0 Å². The van der Waals surface area contributed by atoms with Gasteiger partial charge in [-0.25, -0.2) is 0 Å². The Labute approximate surface area is 101 Å². The molecule has 17 heavy (non-hydrogen) atoms. The largest absolute Gasteiger partial charge is 0.481 e. The molecule has 5 heteroatoms. The van der Waals surface area contributed by atoms with Crippen LogP contribution >= 0.6 is 0 Å². The number of carbonyl (C=O) groups is 2. The molecule has 0 aromatic carbocycles. The molecular weight excluding hydrogens is 220 g/mol. The van der Waals surface area contributed by atoms with Crippen LogP contribution < -0.4 is 5.32 Å². The number of hydrogen-bond donors (Lipinski definition) is 2. The summed E-state index contributed by atoms with van der Waals surface area (Å²) in [6, 6.07) is 0.00761. The molecule has 2 atom stereocenters. The Morgan fingerprint density at radius 3 is 2.82 bits per heavy atom. The van der Waals surface area contributed by atoms with Crippen LogP contribution in [-0.4, -0.2) is 47.6 Å². The van der Waals surface area contributed by atoms with E-state index < -0.39 is 5.97 Å². The van der Waals surface area contributed by atoms with Crippen LogP contribution in [0.25, 0.3) is 0 Å². The van der Waals surface area contributed by atoms with Crippen molar-refractivity contribution in [3.8, 4) is 0 Å². The number of carboxylic acids is 1. The quantitative estimate of drug-likeness (QED) is 0.748. The van der Waals surface area contributed by atoms with Crippen molar-refractivity contribution in [3.63, 3.8) is 0 Å². The van der Waals surface area contributed by atoms with Gasteiger partial charge in [0.15, 0.2) is 0 Å². The Balaban J connectivity index is 1.76. The molecule has 2 aliphatic heterocycles. The maximum absolute atomic E-state index is 12.1. The molecule has 96 valence electrons. The van der Waals surface area contributed by atoms with Crippen LogP contribution in [0.15, 0.2) is 0 Å². The van der Waals surface area contributed by atoms with Gasteiger partial charge in [-0.2, -0.15) is 0 Å². The molecule has 0 aromatic rings. The molecule has 0 radical (unpaired) electrons. The minimum atomic E-state index is -0.743. The van der Waals surface area contributed by atoms with E-state index in [1.165, 1.54) is 0 Å². The van der Waals surface area contributed by atoms with Crippen LogP contribution in [0.2, 0.25) is 0 Å². The van der Waals surface area contributed by atoms with Crippen molar-refractivity contribution in [3.05, 3.63) is 0 Å². The number of likely N-dealkylation sites (tertiary alicyclic amines) is 1. The summed E-state index contributed by atoms with van der Waals surface area (Å²) in [5, 5.41) is 11.8. The van der Waals surface area contributed by atoms with E-state index in [1.807, 2.05) is 4.90 Å². The Hall–Kier alpha value is -1.10. The maximum atomic E-state index is 12.1. The van der Waals surface area contributed by atoms with E-state index in [2.05, 4.69) is 5.32 Å². The third-order valence-electron chi connectivity index (χ3n) is 3.72. The monoisotopic (exact) mass is 240 g/mol. The van der Waals surface area contributed by atoms with E-state index in [0.29, 0.717) is 12.3 Å². The summed E-state index contributed by atoms with van der Waals surface area (Å²) >= 11 is 0. The highest BCUT2D eigenvalue weighted by Gasteiger charge is 2.31. The molecule has 2 rings (SSSR count). The fraction of sp³-hybridized carbons (Fsp3) is 0.833. The molecule has 1 amide bonds. The molecule has 0 spiro atoms. The first-order chi connectivity index (χ1) is 8.16. The van der Waals surface area contributed by atoms with Gasteiger partial charge in [-0.05, 0) is 38.1 Å². The summed E-state index contributed by atoms with van der Waals surface area (Å²) in [4.78, 5) is 24.5. The van der Waals surface area contributed by atoms with Crippen molar-refractivity contribution in [1.82, 2.24) is 10.2 Å². The summed E-state index contributed by atoms with van der Waals surface area (Å²) < 4.78 is 0. The molecule has 0 saturated carbocycles. The highest BCUT2D eigenvalue weighted by atomic mass is 16.4. The van der Waals surface area contributed by atoms with Crippen molar-refractivity contribution in [2.45, 2.75) is 38.1 Å². The van der Waals surface area contributed by atoms with E-state index in [4.69, 9.17) is 5.11 Å². The first-order valence-corrected chi connectivity index (χ1v) is 6.41. The predicted molar refractivity (Wildman–Crippen MR) is 62.6 cm³/mol. The average Bonchev–Trinajstić information content (AvgIpc) is 2.97. The summed E-state index contributed by atoms with van der Waals surface area (Å²) in [6.45, 7) is 2.47. The number of aliphatic carboxylic acids is 1. The van der Waals surface area contributed by atoms with E-state index in [1.54, 1.807) is 0 Å². The lowest BCUT2D eigenvalue weighted by atomic mass is 10.0. The van der Waals surface area contributed by atoms with Crippen LogP contribution in [-0.2, 0) is 9.59 Å². The van der Waals surface area contributed by atoms with Gasteiger partial charge in [-0.3, -0.25) is 9.59 Å². The number of carboxylic acid groups (broad SMARTS) is 1. The van der Waals surface area contributed by atoms with Crippen LogP contribution in [0.5, 0.6) is 0 Å². The van der Waals surface area contributed by atoms with Gasteiger partial charge in [0.25, 0.3) is 0 Å². The molecule has 5 nitrogen and oxygen atoms in total. The zero-order valence-electron chi connectivity index (χ0n) is 10.0. The Morgan fingerprint density at radius 1 is 1.35 bits per heavy atom. The molecule has 0 bridgehead atoms. The molecular formula is C12H20N2O3. The zero-order chi connectivity index (χ0) is 12.3. The first kappa shape index (κ1) is 12.4. The molecule has 2 aliphatic rings. The van der Waals surface area contributed by atoms with E-state index >= 15 is 0 Å². The number of rotatable bonds is 4. The van der Waals surface area contributed by atoms with E-state index in [0.717, 1.165) is 38.9 Å². The third-order valence-corrected chi connectivity index (χ3v) is 3.72. The smallest absolute Gasteiger partial charge is 0.303 e. The van der Waals surface area contributed by atoms with E-state index in [9.17, 15) is 9.59 Å². The van der Waals surface area contributed by atoms with Gasteiger partial charge >= 0.3 is 5.97 Å². The van der Waals surface area contributed by atoms with Crippen molar-refractivity contribution in [1.29, 1.82) is 0 Å². The first-order valence-electron chi connectivity index (χ1n) is 6.41. The lowest BCUT2D eigenvalue weighted by Crippen LogP contribution is -2.42. The zero-order valence-corrected chi connectivity index (χ0v) is 10.0. The van der Waals surface area contributed by atoms with Crippen molar-refractivity contribution < 1.29 is 14.7 Å². The highest BCUT2D eigenvalue weighted by Crippen LogP contribution is 2.22. The molecule has 2 fully saturated rings. The summed E-state index contributed by atoms with van der Waals surface area (Å²) in [5.74, 6) is -0.163. The third kappa shape index (κ3) is 3.19. The fourth-order valence-corrected chi connectivity index (χ4v) is 2.71. The Kier molecular flexibility index (Phi) is 3.99. The number of nitrogens with zero attached hydrogens (tertiary/aromatic N) is 1. The lowest BCUT2D eigenvalue weighted by molar-refractivity contribution is -0.137. The van der Waals surface area contributed by atoms with Crippen LogP contribution in [0.3, 0.4) is 0 Å². The Bertz CT molecular complexity index is 300. The molecule has 0 aliphatic carbocycles. The molecule has 2 unspecified atom stereocenters. The molecule has 0 aromatic heterocycles.